The van der Waals surface area contributed by atoms with Crippen LogP contribution in [0.5, 0.6) is 0 Å². The molecule has 0 aliphatic heterocycles. The molecule has 0 atom stereocenters. The number of rotatable bonds is 2. The maximum atomic E-state index is 13.7. The van der Waals surface area contributed by atoms with Crippen molar-refractivity contribution in [2.75, 3.05) is 5.32 Å². The molecule has 0 aliphatic rings. The van der Waals surface area contributed by atoms with Crippen molar-refractivity contribution in [3.63, 3.8) is 0 Å². The van der Waals surface area contributed by atoms with Crippen LogP contribution in [0.25, 0.3) is 11.0 Å². The Bertz CT molecular complexity index is 748. The summed E-state index contributed by atoms with van der Waals surface area (Å²) in [6.45, 7) is 3.76. The fraction of sp³-hybridized carbons (Fsp3) is 0.143. The number of halogens is 1. The number of para-hydroxylation sites is 1. The lowest BCUT2D eigenvalue weighted by Crippen LogP contribution is -1.99. The van der Waals surface area contributed by atoms with Gasteiger partial charge in [-0.3, -0.25) is 0 Å². The van der Waals surface area contributed by atoms with Crippen molar-refractivity contribution in [2.45, 2.75) is 13.8 Å². The molecule has 2 heterocycles. The van der Waals surface area contributed by atoms with Crippen molar-refractivity contribution in [3.05, 3.63) is 47.7 Å². The first-order valence-electron chi connectivity index (χ1n) is 5.99. The van der Waals surface area contributed by atoms with Crippen molar-refractivity contribution < 1.29 is 4.39 Å². The molecule has 0 amide bonds. The molecular formula is C14H13FN4. The minimum atomic E-state index is -0.306. The highest BCUT2D eigenvalue weighted by molar-refractivity contribution is 5.89. The number of aromatic nitrogens is 3. The summed E-state index contributed by atoms with van der Waals surface area (Å²) in [6.07, 6.45) is 0. The number of nitrogens with one attached hydrogen (secondary N) is 2. The zero-order chi connectivity index (χ0) is 13.4. The van der Waals surface area contributed by atoms with Gasteiger partial charge < -0.3 is 10.3 Å². The summed E-state index contributed by atoms with van der Waals surface area (Å²) in [5, 5.41) is 3.88. The Hall–Kier alpha value is -2.43. The fourth-order valence-corrected chi connectivity index (χ4v) is 2.04. The third-order valence-corrected chi connectivity index (χ3v) is 2.86. The van der Waals surface area contributed by atoms with Gasteiger partial charge in [0.25, 0.3) is 0 Å². The van der Waals surface area contributed by atoms with Crippen LogP contribution in [0.3, 0.4) is 0 Å². The van der Waals surface area contributed by atoms with Crippen molar-refractivity contribution in [1.29, 1.82) is 0 Å². The maximum Gasteiger partial charge on any atom is 0.146 e. The smallest absolute Gasteiger partial charge is 0.146 e. The van der Waals surface area contributed by atoms with Gasteiger partial charge in [0.1, 0.15) is 23.1 Å². The van der Waals surface area contributed by atoms with Gasteiger partial charge in [0.2, 0.25) is 0 Å². The molecule has 0 fully saturated rings. The zero-order valence-corrected chi connectivity index (χ0v) is 10.7. The van der Waals surface area contributed by atoms with Gasteiger partial charge in [-0.05, 0) is 32.0 Å². The summed E-state index contributed by atoms with van der Waals surface area (Å²) in [7, 11) is 0. The van der Waals surface area contributed by atoms with Gasteiger partial charge in [-0.15, -0.1) is 0 Å². The van der Waals surface area contributed by atoms with Crippen molar-refractivity contribution >= 4 is 22.5 Å². The number of fused-ring (bicyclic) bond motifs is 1. The van der Waals surface area contributed by atoms with Crippen LogP contribution in [0.4, 0.5) is 15.9 Å². The molecule has 2 N–H and O–H groups in total. The summed E-state index contributed by atoms with van der Waals surface area (Å²) >= 11 is 0. The Morgan fingerprint density at radius 3 is 2.74 bits per heavy atom. The fourth-order valence-electron chi connectivity index (χ4n) is 2.04. The number of nitrogens with zero attached hydrogens (tertiary/aromatic N) is 2. The van der Waals surface area contributed by atoms with E-state index in [0.29, 0.717) is 17.3 Å². The van der Waals surface area contributed by atoms with Crippen molar-refractivity contribution in [3.8, 4) is 0 Å². The van der Waals surface area contributed by atoms with Gasteiger partial charge >= 0.3 is 0 Å². The number of hydrogen-bond donors (Lipinski definition) is 2. The number of anilines is 2. The zero-order valence-electron chi connectivity index (χ0n) is 10.7. The highest BCUT2D eigenvalue weighted by atomic mass is 19.1. The quantitative estimate of drug-likeness (QED) is 0.738. The normalized spacial score (nSPS) is 10.9. The molecule has 0 saturated carbocycles. The van der Waals surface area contributed by atoms with E-state index in [2.05, 4.69) is 20.3 Å². The Kier molecular flexibility index (Phi) is 2.67. The standard InChI is InChI=1S/C14H13FN4/c1-8-7-10-13(16-8)17-9(2)18-14(10)19-12-6-4-3-5-11(12)15/h3-7H,1-2H3,(H2,16,17,18,19). The molecule has 5 heteroatoms. The van der Waals surface area contributed by atoms with Gasteiger partial charge in [0, 0.05) is 5.69 Å². The third kappa shape index (κ3) is 2.14. The number of aromatic amines is 1. The SMILES string of the molecule is Cc1nc(Nc2ccccc2F)c2cc(C)[nH]c2n1. The lowest BCUT2D eigenvalue weighted by Gasteiger charge is -2.08. The Labute approximate surface area is 109 Å². The molecule has 3 rings (SSSR count). The number of aryl methyl sites for hydroxylation is 2. The van der Waals surface area contributed by atoms with Crippen LogP contribution in [0.15, 0.2) is 30.3 Å². The van der Waals surface area contributed by atoms with Gasteiger partial charge in [0.15, 0.2) is 0 Å². The molecule has 19 heavy (non-hydrogen) atoms. The van der Waals surface area contributed by atoms with E-state index in [1.165, 1.54) is 6.07 Å². The minimum absolute atomic E-state index is 0.306. The summed E-state index contributed by atoms with van der Waals surface area (Å²) in [4.78, 5) is 11.8. The Morgan fingerprint density at radius 1 is 1.16 bits per heavy atom. The Balaban J connectivity index is 2.12. The van der Waals surface area contributed by atoms with E-state index in [4.69, 9.17) is 0 Å². The van der Waals surface area contributed by atoms with Crippen molar-refractivity contribution in [2.24, 2.45) is 0 Å². The van der Waals surface area contributed by atoms with Crippen LogP contribution in [0, 0.1) is 19.7 Å². The third-order valence-electron chi connectivity index (χ3n) is 2.86. The first kappa shape index (κ1) is 11.6. The van der Waals surface area contributed by atoms with Gasteiger partial charge in [-0.25, -0.2) is 14.4 Å². The molecule has 0 bridgehead atoms. The molecule has 0 unspecified atom stereocenters. The predicted octanol–water partition coefficient (Wildman–Crippen LogP) is 3.46. The molecule has 0 aliphatic carbocycles. The van der Waals surface area contributed by atoms with Crippen LogP contribution in [-0.4, -0.2) is 15.0 Å². The number of benzene rings is 1. The average molecular weight is 256 g/mol. The van der Waals surface area contributed by atoms with Crippen LogP contribution >= 0.6 is 0 Å². The summed E-state index contributed by atoms with van der Waals surface area (Å²) in [6, 6.07) is 8.47. The topological polar surface area (TPSA) is 53.6 Å². The van der Waals surface area contributed by atoms with Crippen molar-refractivity contribution in [1.82, 2.24) is 15.0 Å². The minimum Gasteiger partial charge on any atom is -0.343 e. The van der Waals surface area contributed by atoms with E-state index < -0.39 is 0 Å². The second kappa shape index (κ2) is 4.35. The summed E-state index contributed by atoms with van der Waals surface area (Å²) < 4.78 is 13.7. The van der Waals surface area contributed by atoms with E-state index >= 15 is 0 Å². The second-order valence-corrected chi connectivity index (χ2v) is 4.44. The molecule has 0 saturated heterocycles. The second-order valence-electron chi connectivity index (χ2n) is 4.44. The van der Waals surface area contributed by atoms with Gasteiger partial charge in [-0.2, -0.15) is 0 Å². The molecule has 4 nitrogen and oxygen atoms in total. The largest absolute Gasteiger partial charge is 0.343 e. The highest BCUT2D eigenvalue weighted by Gasteiger charge is 2.10. The molecule has 3 aromatic rings. The summed E-state index contributed by atoms with van der Waals surface area (Å²) in [5.41, 5.74) is 2.15. The highest BCUT2D eigenvalue weighted by Crippen LogP contribution is 2.25. The van der Waals surface area contributed by atoms with Crippen LogP contribution in [0.1, 0.15) is 11.5 Å². The first-order valence-corrected chi connectivity index (χ1v) is 5.99. The molecule has 0 spiro atoms. The molecular weight excluding hydrogens is 243 g/mol. The van der Waals surface area contributed by atoms with Gasteiger partial charge in [-0.1, -0.05) is 12.1 Å². The lowest BCUT2D eigenvalue weighted by molar-refractivity contribution is 0.632. The maximum absolute atomic E-state index is 13.7. The summed E-state index contributed by atoms with van der Waals surface area (Å²) in [5.74, 6) is 0.935. The first-order chi connectivity index (χ1) is 9.13. The van der Waals surface area contributed by atoms with Crippen LogP contribution in [-0.2, 0) is 0 Å². The molecule has 0 radical (unpaired) electrons. The van der Waals surface area contributed by atoms with E-state index in [9.17, 15) is 4.39 Å². The number of H-pyrrole nitrogens is 1. The monoisotopic (exact) mass is 256 g/mol. The number of hydrogen-bond acceptors (Lipinski definition) is 3. The van der Waals surface area contributed by atoms with Crippen LogP contribution < -0.4 is 5.32 Å². The van der Waals surface area contributed by atoms with E-state index in [-0.39, 0.29) is 5.82 Å². The average Bonchev–Trinajstić information content (AvgIpc) is 2.72. The molecule has 2 aromatic heterocycles. The molecule has 96 valence electrons. The van der Waals surface area contributed by atoms with E-state index in [1.54, 1.807) is 18.2 Å². The molecule has 1 aromatic carbocycles. The van der Waals surface area contributed by atoms with E-state index in [1.807, 2.05) is 19.9 Å². The van der Waals surface area contributed by atoms with Crippen LogP contribution in [0.2, 0.25) is 0 Å². The Morgan fingerprint density at radius 2 is 1.95 bits per heavy atom. The predicted molar refractivity (Wildman–Crippen MR) is 73.0 cm³/mol. The van der Waals surface area contributed by atoms with Gasteiger partial charge in [0.05, 0.1) is 11.1 Å². The lowest BCUT2D eigenvalue weighted by atomic mass is 10.3. The van der Waals surface area contributed by atoms with E-state index in [0.717, 1.165) is 16.7 Å².